The SMILES string of the molecule is Cc1cc(Cc2ccncc2)c(C)[nH]1. The molecule has 72 valence electrons. The lowest BCUT2D eigenvalue weighted by Crippen LogP contribution is -1.88. The number of nitrogens with one attached hydrogen (secondary N) is 1. The third kappa shape index (κ3) is 1.84. The van der Waals surface area contributed by atoms with Crippen molar-refractivity contribution in [3.8, 4) is 0 Å². The topological polar surface area (TPSA) is 28.7 Å². The van der Waals surface area contributed by atoms with E-state index in [1.807, 2.05) is 12.4 Å². The molecule has 2 rings (SSSR count). The lowest BCUT2D eigenvalue weighted by Gasteiger charge is -1.99. The fraction of sp³-hybridized carbons (Fsp3) is 0.250. The van der Waals surface area contributed by atoms with E-state index in [4.69, 9.17) is 0 Å². The summed E-state index contributed by atoms with van der Waals surface area (Å²) >= 11 is 0. The van der Waals surface area contributed by atoms with Crippen LogP contribution in [0.1, 0.15) is 22.5 Å². The van der Waals surface area contributed by atoms with Crippen molar-refractivity contribution in [2.45, 2.75) is 20.3 Å². The Labute approximate surface area is 84.0 Å². The van der Waals surface area contributed by atoms with Crippen molar-refractivity contribution in [1.82, 2.24) is 9.97 Å². The Bertz CT molecular complexity index is 415. The Morgan fingerprint density at radius 2 is 1.93 bits per heavy atom. The van der Waals surface area contributed by atoms with Gasteiger partial charge in [0.05, 0.1) is 0 Å². The highest BCUT2D eigenvalue weighted by Crippen LogP contribution is 2.14. The molecule has 0 amide bonds. The van der Waals surface area contributed by atoms with Crippen molar-refractivity contribution in [3.05, 3.63) is 53.1 Å². The van der Waals surface area contributed by atoms with E-state index in [1.54, 1.807) is 0 Å². The summed E-state index contributed by atoms with van der Waals surface area (Å²) in [6.07, 6.45) is 4.66. The van der Waals surface area contributed by atoms with Gasteiger partial charge in [-0.25, -0.2) is 0 Å². The molecule has 0 aliphatic heterocycles. The van der Waals surface area contributed by atoms with Gasteiger partial charge in [0.15, 0.2) is 0 Å². The second-order valence-corrected chi connectivity index (χ2v) is 3.63. The summed E-state index contributed by atoms with van der Waals surface area (Å²) < 4.78 is 0. The van der Waals surface area contributed by atoms with Gasteiger partial charge in [-0.05, 0) is 49.6 Å². The molecule has 0 radical (unpaired) electrons. The first-order valence-corrected chi connectivity index (χ1v) is 4.79. The second-order valence-electron chi connectivity index (χ2n) is 3.63. The first kappa shape index (κ1) is 9.00. The Balaban J connectivity index is 2.23. The molecule has 0 atom stereocenters. The maximum atomic E-state index is 4.01. The molecule has 0 saturated carbocycles. The number of aromatic amines is 1. The third-order valence-corrected chi connectivity index (χ3v) is 2.40. The first-order chi connectivity index (χ1) is 6.75. The highest BCUT2D eigenvalue weighted by atomic mass is 14.7. The van der Waals surface area contributed by atoms with E-state index in [0.717, 1.165) is 6.42 Å². The van der Waals surface area contributed by atoms with Crippen molar-refractivity contribution in [1.29, 1.82) is 0 Å². The summed E-state index contributed by atoms with van der Waals surface area (Å²) in [6, 6.07) is 6.32. The van der Waals surface area contributed by atoms with Crippen molar-refractivity contribution in [2.75, 3.05) is 0 Å². The number of hydrogen-bond acceptors (Lipinski definition) is 1. The molecule has 2 aromatic rings. The zero-order valence-electron chi connectivity index (χ0n) is 8.54. The summed E-state index contributed by atoms with van der Waals surface area (Å²) in [4.78, 5) is 7.32. The lowest BCUT2D eigenvalue weighted by molar-refractivity contribution is 1.11. The van der Waals surface area contributed by atoms with E-state index in [0.29, 0.717) is 0 Å². The fourth-order valence-electron chi connectivity index (χ4n) is 1.69. The summed E-state index contributed by atoms with van der Waals surface area (Å²) in [5.74, 6) is 0. The largest absolute Gasteiger partial charge is 0.362 e. The van der Waals surface area contributed by atoms with Crippen LogP contribution in [0.25, 0.3) is 0 Å². The maximum Gasteiger partial charge on any atom is 0.0270 e. The Morgan fingerprint density at radius 1 is 1.21 bits per heavy atom. The molecule has 0 fully saturated rings. The number of rotatable bonds is 2. The maximum absolute atomic E-state index is 4.01. The number of H-pyrrole nitrogens is 1. The molecule has 1 N–H and O–H groups in total. The third-order valence-electron chi connectivity index (χ3n) is 2.40. The quantitative estimate of drug-likeness (QED) is 0.767. The van der Waals surface area contributed by atoms with Crippen LogP contribution in [0.2, 0.25) is 0 Å². The van der Waals surface area contributed by atoms with Gasteiger partial charge in [-0.2, -0.15) is 0 Å². The summed E-state index contributed by atoms with van der Waals surface area (Å²) in [5, 5.41) is 0. The average Bonchev–Trinajstić information content (AvgIpc) is 2.47. The number of pyridine rings is 1. The number of aromatic nitrogens is 2. The molecular weight excluding hydrogens is 172 g/mol. The van der Waals surface area contributed by atoms with Gasteiger partial charge < -0.3 is 4.98 Å². The van der Waals surface area contributed by atoms with Crippen LogP contribution in [0.4, 0.5) is 0 Å². The van der Waals surface area contributed by atoms with E-state index < -0.39 is 0 Å². The van der Waals surface area contributed by atoms with Gasteiger partial charge >= 0.3 is 0 Å². The minimum Gasteiger partial charge on any atom is -0.362 e. The molecule has 0 unspecified atom stereocenters. The lowest BCUT2D eigenvalue weighted by atomic mass is 10.1. The van der Waals surface area contributed by atoms with Crippen LogP contribution in [0.15, 0.2) is 30.6 Å². The van der Waals surface area contributed by atoms with E-state index in [1.165, 1.54) is 22.5 Å². The molecule has 14 heavy (non-hydrogen) atoms. The minimum absolute atomic E-state index is 0.985. The standard InChI is InChI=1S/C12H14N2/c1-9-7-12(10(2)14-9)8-11-3-5-13-6-4-11/h3-7,14H,8H2,1-2H3. The van der Waals surface area contributed by atoms with Crippen LogP contribution in [-0.4, -0.2) is 9.97 Å². The average molecular weight is 186 g/mol. The summed E-state index contributed by atoms with van der Waals surface area (Å²) in [6.45, 7) is 4.20. The van der Waals surface area contributed by atoms with Crippen LogP contribution in [-0.2, 0) is 6.42 Å². The van der Waals surface area contributed by atoms with E-state index in [2.05, 4.69) is 42.0 Å². The molecule has 2 aromatic heterocycles. The van der Waals surface area contributed by atoms with Crippen molar-refractivity contribution in [3.63, 3.8) is 0 Å². The monoisotopic (exact) mass is 186 g/mol. The van der Waals surface area contributed by atoms with Gasteiger partial charge in [0.1, 0.15) is 0 Å². The van der Waals surface area contributed by atoms with E-state index >= 15 is 0 Å². The molecule has 0 aliphatic carbocycles. The molecular formula is C12H14N2. The van der Waals surface area contributed by atoms with Crippen molar-refractivity contribution < 1.29 is 0 Å². The van der Waals surface area contributed by atoms with Gasteiger partial charge in [0.25, 0.3) is 0 Å². The van der Waals surface area contributed by atoms with Crippen LogP contribution < -0.4 is 0 Å². The minimum atomic E-state index is 0.985. The van der Waals surface area contributed by atoms with Gasteiger partial charge in [-0.1, -0.05) is 0 Å². The first-order valence-electron chi connectivity index (χ1n) is 4.79. The van der Waals surface area contributed by atoms with Crippen molar-refractivity contribution in [2.24, 2.45) is 0 Å². The molecule has 0 bridgehead atoms. The predicted octanol–water partition coefficient (Wildman–Crippen LogP) is 2.62. The summed E-state index contributed by atoms with van der Waals surface area (Å²) in [7, 11) is 0. The molecule has 0 spiro atoms. The van der Waals surface area contributed by atoms with Crippen LogP contribution in [0.3, 0.4) is 0 Å². The van der Waals surface area contributed by atoms with Gasteiger partial charge in [-0.3, -0.25) is 4.98 Å². The van der Waals surface area contributed by atoms with E-state index in [-0.39, 0.29) is 0 Å². The highest BCUT2D eigenvalue weighted by Gasteiger charge is 2.02. The normalized spacial score (nSPS) is 10.4. The molecule has 2 nitrogen and oxygen atoms in total. The second kappa shape index (κ2) is 3.66. The van der Waals surface area contributed by atoms with Crippen LogP contribution >= 0.6 is 0 Å². The fourth-order valence-corrected chi connectivity index (χ4v) is 1.69. The Hall–Kier alpha value is -1.57. The van der Waals surface area contributed by atoms with Gasteiger partial charge in [0.2, 0.25) is 0 Å². The van der Waals surface area contributed by atoms with Gasteiger partial charge in [0, 0.05) is 23.8 Å². The van der Waals surface area contributed by atoms with Crippen LogP contribution in [0, 0.1) is 13.8 Å². The Morgan fingerprint density at radius 3 is 2.50 bits per heavy atom. The molecule has 0 aliphatic rings. The Kier molecular flexibility index (Phi) is 2.35. The number of nitrogens with zero attached hydrogens (tertiary/aromatic N) is 1. The number of hydrogen-bond donors (Lipinski definition) is 1. The molecule has 2 heterocycles. The molecule has 0 saturated heterocycles. The highest BCUT2D eigenvalue weighted by molar-refractivity contribution is 5.30. The van der Waals surface area contributed by atoms with Crippen molar-refractivity contribution >= 4 is 0 Å². The summed E-state index contributed by atoms with van der Waals surface area (Å²) in [5.41, 5.74) is 5.17. The zero-order valence-corrected chi connectivity index (χ0v) is 8.54. The predicted molar refractivity (Wildman–Crippen MR) is 57.3 cm³/mol. The molecule has 2 heteroatoms. The van der Waals surface area contributed by atoms with Crippen LogP contribution in [0.5, 0.6) is 0 Å². The number of aryl methyl sites for hydroxylation is 2. The zero-order chi connectivity index (χ0) is 9.97. The van der Waals surface area contributed by atoms with E-state index in [9.17, 15) is 0 Å². The smallest absolute Gasteiger partial charge is 0.0270 e. The molecule has 0 aromatic carbocycles. The van der Waals surface area contributed by atoms with Gasteiger partial charge in [-0.15, -0.1) is 0 Å².